The van der Waals surface area contributed by atoms with Crippen molar-refractivity contribution in [2.75, 3.05) is 6.54 Å². The van der Waals surface area contributed by atoms with E-state index in [1.807, 2.05) is 60.7 Å². The molecule has 4 rings (SSSR count). The summed E-state index contributed by atoms with van der Waals surface area (Å²) in [5.74, 6) is -0.551. The van der Waals surface area contributed by atoms with Gasteiger partial charge in [0, 0.05) is 17.1 Å². The third-order valence-corrected chi connectivity index (χ3v) is 7.25. The summed E-state index contributed by atoms with van der Waals surface area (Å²) in [6.07, 6.45) is 1.55. The molecule has 0 bridgehead atoms. The molecular weight excluding hydrogens is 470 g/mol. The van der Waals surface area contributed by atoms with Crippen molar-refractivity contribution >= 4 is 44.5 Å². The molecule has 8 heteroatoms. The molecule has 0 radical (unpaired) electrons. The second kappa shape index (κ2) is 10.6. The van der Waals surface area contributed by atoms with Crippen LogP contribution in [0.15, 0.2) is 107 Å². The number of sulfonamides is 1. The SMILES string of the molecule is O=C(CN(Cc1ccccc1)S(=O)(=O)c1ccc(Cl)cc1)N/N=C\c1cccc2ccccc12. The monoisotopic (exact) mass is 491 g/mol. The number of nitrogens with zero attached hydrogens (tertiary/aromatic N) is 2. The van der Waals surface area contributed by atoms with Crippen LogP contribution in [0.5, 0.6) is 0 Å². The van der Waals surface area contributed by atoms with Gasteiger partial charge in [-0.3, -0.25) is 4.79 Å². The number of amides is 1. The molecule has 34 heavy (non-hydrogen) atoms. The fourth-order valence-corrected chi connectivity index (χ4v) is 5.01. The molecule has 0 aliphatic carbocycles. The van der Waals surface area contributed by atoms with Gasteiger partial charge in [0.1, 0.15) is 0 Å². The zero-order valence-electron chi connectivity index (χ0n) is 18.1. The van der Waals surface area contributed by atoms with E-state index < -0.39 is 22.5 Å². The Balaban J connectivity index is 1.53. The Morgan fingerprint density at radius 1 is 0.882 bits per heavy atom. The molecule has 0 aliphatic heterocycles. The summed E-state index contributed by atoms with van der Waals surface area (Å²) in [5, 5.41) is 6.54. The van der Waals surface area contributed by atoms with Crippen molar-refractivity contribution in [1.29, 1.82) is 0 Å². The van der Waals surface area contributed by atoms with Gasteiger partial charge in [-0.05, 0) is 40.6 Å². The van der Waals surface area contributed by atoms with Crippen LogP contribution in [-0.4, -0.2) is 31.4 Å². The van der Waals surface area contributed by atoms with Crippen LogP contribution in [-0.2, 0) is 21.4 Å². The van der Waals surface area contributed by atoms with E-state index in [0.29, 0.717) is 5.02 Å². The second-order valence-corrected chi connectivity index (χ2v) is 9.95. The van der Waals surface area contributed by atoms with Crippen LogP contribution in [0.2, 0.25) is 5.02 Å². The van der Waals surface area contributed by atoms with E-state index in [4.69, 9.17) is 11.6 Å². The number of halogens is 1. The van der Waals surface area contributed by atoms with Crippen LogP contribution in [0.1, 0.15) is 11.1 Å². The van der Waals surface area contributed by atoms with Crippen molar-refractivity contribution in [2.24, 2.45) is 5.10 Å². The van der Waals surface area contributed by atoms with Gasteiger partial charge in [-0.1, -0.05) is 84.4 Å². The fourth-order valence-electron chi connectivity index (χ4n) is 3.50. The summed E-state index contributed by atoms with van der Waals surface area (Å²) in [4.78, 5) is 12.7. The van der Waals surface area contributed by atoms with Crippen LogP contribution < -0.4 is 5.43 Å². The van der Waals surface area contributed by atoms with Gasteiger partial charge < -0.3 is 0 Å². The van der Waals surface area contributed by atoms with Crippen molar-refractivity contribution in [3.05, 3.63) is 113 Å². The Hall–Kier alpha value is -3.52. The Kier molecular flexibility index (Phi) is 7.37. The molecule has 0 aromatic heterocycles. The van der Waals surface area contributed by atoms with Crippen molar-refractivity contribution in [3.63, 3.8) is 0 Å². The minimum absolute atomic E-state index is 0.0340. The normalized spacial score (nSPS) is 11.8. The average molecular weight is 492 g/mol. The molecular formula is C26H22ClN3O3S. The molecule has 0 aliphatic rings. The van der Waals surface area contributed by atoms with Gasteiger partial charge >= 0.3 is 0 Å². The van der Waals surface area contributed by atoms with Crippen molar-refractivity contribution in [3.8, 4) is 0 Å². The summed E-state index contributed by atoms with van der Waals surface area (Å²) in [7, 11) is -3.96. The zero-order chi connectivity index (χ0) is 24.0. The number of benzene rings is 4. The summed E-state index contributed by atoms with van der Waals surface area (Å²) in [6.45, 7) is -0.362. The molecule has 0 saturated carbocycles. The maximum absolute atomic E-state index is 13.3. The van der Waals surface area contributed by atoms with Gasteiger partial charge in [-0.15, -0.1) is 0 Å². The largest absolute Gasteiger partial charge is 0.272 e. The van der Waals surface area contributed by atoms with Gasteiger partial charge in [0.2, 0.25) is 10.0 Å². The highest BCUT2D eigenvalue weighted by molar-refractivity contribution is 7.89. The first kappa shape index (κ1) is 23.6. The maximum atomic E-state index is 13.3. The fraction of sp³-hybridized carbons (Fsp3) is 0.0769. The molecule has 0 unspecified atom stereocenters. The summed E-state index contributed by atoms with van der Waals surface area (Å²) in [6, 6.07) is 28.6. The van der Waals surface area contributed by atoms with Crippen molar-refractivity contribution in [2.45, 2.75) is 11.4 Å². The maximum Gasteiger partial charge on any atom is 0.255 e. The molecule has 172 valence electrons. The van der Waals surface area contributed by atoms with E-state index in [1.165, 1.54) is 24.3 Å². The van der Waals surface area contributed by atoms with E-state index in [9.17, 15) is 13.2 Å². The first-order valence-corrected chi connectivity index (χ1v) is 12.3. The zero-order valence-corrected chi connectivity index (χ0v) is 19.7. The molecule has 0 atom stereocenters. The first-order chi connectivity index (χ1) is 16.4. The Labute approximate surface area is 203 Å². The smallest absolute Gasteiger partial charge is 0.255 e. The van der Waals surface area contributed by atoms with Gasteiger partial charge in [-0.2, -0.15) is 9.41 Å². The Morgan fingerprint density at radius 3 is 2.32 bits per heavy atom. The summed E-state index contributed by atoms with van der Waals surface area (Å²) >= 11 is 5.91. The highest BCUT2D eigenvalue weighted by Gasteiger charge is 2.27. The number of nitrogens with one attached hydrogen (secondary N) is 1. The van der Waals surface area contributed by atoms with Crippen LogP contribution >= 0.6 is 11.6 Å². The second-order valence-electron chi connectivity index (χ2n) is 7.57. The predicted octanol–water partition coefficient (Wildman–Crippen LogP) is 4.83. The van der Waals surface area contributed by atoms with Gasteiger partial charge in [0.25, 0.3) is 5.91 Å². The van der Waals surface area contributed by atoms with E-state index in [2.05, 4.69) is 10.5 Å². The molecule has 0 fully saturated rings. The van der Waals surface area contributed by atoms with Gasteiger partial charge in [0.05, 0.1) is 17.7 Å². The lowest BCUT2D eigenvalue weighted by molar-refractivity contribution is -0.121. The number of carbonyl (C=O) groups is 1. The molecule has 4 aromatic carbocycles. The molecule has 1 amide bonds. The van der Waals surface area contributed by atoms with E-state index in [1.54, 1.807) is 18.3 Å². The number of hydrogen-bond acceptors (Lipinski definition) is 4. The molecule has 4 aromatic rings. The topological polar surface area (TPSA) is 78.8 Å². The number of hydrogen-bond donors (Lipinski definition) is 1. The van der Waals surface area contributed by atoms with E-state index >= 15 is 0 Å². The summed E-state index contributed by atoms with van der Waals surface area (Å²) in [5.41, 5.74) is 4.05. The van der Waals surface area contributed by atoms with Crippen LogP contribution in [0.25, 0.3) is 10.8 Å². The molecule has 6 nitrogen and oxygen atoms in total. The number of fused-ring (bicyclic) bond motifs is 1. The lowest BCUT2D eigenvalue weighted by atomic mass is 10.1. The molecule has 0 heterocycles. The van der Waals surface area contributed by atoms with E-state index in [-0.39, 0.29) is 11.4 Å². The predicted molar refractivity (Wildman–Crippen MR) is 135 cm³/mol. The standard InChI is InChI=1S/C26H22ClN3O3S/c27-23-13-15-24(16-14-23)34(32,33)30(18-20-7-2-1-3-8-20)19-26(31)29-28-17-22-11-6-10-21-9-4-5-12-25(21)22/h1-17H,18-19H2,(H,29,31)/b28-17-. The highest BCUT2D eigenvalue weighted by atomic mass is 35.5. The molecule has 1 N–H and O–H groups in total. The van der Waals surface area contributed by atoms with Crippen LogP contribution in [0.4, 0.5) is 0 Å². The van der Waals surface area contributed by atoms with Crippen molar-refractivity contribution < 1.29 is 13.2 Å². The third-order valence-electron chi connectivity index (χ3n) is 5.19. The quantitative estimate of drug-likeness (QED) is 0.283. The molecule has 0 saturated heterocycles. The Bertz CT molecular complexity index is 1420. The first-order valence-electron chi connectivity index (χ1n) is 10.5. The average Bonchev–Trinajstić information content (AvgIpc) is 2.85. The minimum Gasteiger partial charge on any atom is -0.272 e. The lowest BCUT2D eigenvalue weighted by Gasteiger charge is -2.21. The third kappa shape index (κ3) is 5.69. The van der Waals surface area contributed by atoms with Crippen molar-refractivity contribution in [1.82, 2.24) is 9.73 Å². The number of hydrazone groups is 1. The van der Waals surface area contributed by atoms with E-state index in [0.717, 1.165) is 26.2 Å². The van der Waals surface area contributed by atoms with Crippen LogP contribution in [0, 0.1) is 0 Å². The number of rotatable bonds is 8. The number of carbonyl (C=O) groups excluding carboxylic acids is 1. The highest BCUT2D eigenvalue weighted by Crippen LogP contribution is 2.21. The Morgan fingerprint density at radius 2 is 1.56 bits per heavy atom. The van der Waals surface area contributed by atoms with Crippen LogP contribution in [0.3, 0.4) is 0 Å². The van der Waals surface area contributed by atoms with Gasteiger partial charge in [-0.25, -0.2) is 13.8 Å². The minimum atomic E-state index is -3.96. The molecule has 0 spiro atoms. The lowest BCUT2D eigenvalue weighted by Crippen LogP contribution is -2.39. The van der Waals surface area contributed by atoms with Gasteiger partial charge in [0.15, 0.2) is 0 Å². The summed E-state index contributed by atoms with van der Waals surface area (Å²) < 4.78 is 27.7.